The van der Waals surface area contributed by atoms with Gasteiger partial charge in [0, 0.05) is 36.8 Å². The summed E-state index contributed by atoms with van der Waals surface area (Å²) >= 11 is 0. The second-order valence-corrected chi connectivity index (χ2v) is 7.15. The Hall–Kier alpha value is -3.16. The van der Waals surface area contributed by atoms with Crippen molar-refractivity contribution in [2.45, 2.75) is 18.3 Å². The molecule has 2 aliphatic heterocycles. The van der Waals surface area contributed by atoms with Crippen LogP contribution in [-0.2, 0) is 10.2 Å². The highest BCUT2D eigenvalue weighted by Gasteiger charge is 2.41. The number of nitrogens with one attached hydrogen (secondary N) is 1. The van der Waals surface area contributed by atoms with Crippen LogP contribution in [0.1, 0.15) is 18.4 Å². The summed E-state index contributed by atoms with van der Waals surface area (Å²) in [6.07, 6.45) is 3.43. The number of hydrogen-bond donors (Lipinski definition) is 1. The van der Waals surface area contributed by atoms with Gasteiger partial charge in [-0.05, 0) is 30.5 Å². The molecule has 5 rings (SSSR count). The first-order valence-corrected chi connectivity index (χ1v) is 9.15. The second kappa shape index (κ2) is 6.22. The Labute approximate surface area is 156 Å². The Morgan fingerprint density at radius 3 is 2.93 bits per heavy atom. The van der Waals surface area contributed by atoms with E-state index in [0.29, 0.717) is 11.5 Å². The molecular weight excluding hydrogens is 344 g/mol. The van der Waals surface area contributed by atoms with Gasteiger partial charge in [-0.1, -0.05) is 18.2 Å². The molecule has 0 saturated carbocycles. The molecule has 0 atom stereocenters. The molecule has 0 radical (unpaired) electrons. The van der Waals surface area contributed by atoms with Gasteiger partial charge in [0.1, 0.15) is 6.33 Å². The monoisotopic (exact) mass is 364 g/mol. The van der Waals surface area contributed by atoms with Crippen LogP contribution in [0.15, 0.2) is 42.7 Å². The standard InChI is InChI=1S/C19H20N6O2/c26-18(11-27-17-6-5-16-22-21-13-25(16)23-17)24-9-7-19(8-10-24)12-20-15-4-2-1-3-14(15)19/h1-6,13,20H,7-12H2. The predicted octanol–water partition coefficient (Wildman–Crippen LogP) is 1.49. The molecule has 2 aliphatic rings. The van der Waals surface area contributed by atoms with Crippen LogP contribution in [0.25, 0.3) is 5.65 Å². The number of nitrogens with zero attached hydrogens (tertiary/aromatic N) is 5. The quantitative estimate of drug-likeness (QED) is 0.758. The lowest BCUT2D eigenvalue weighted by molar-refractivity contribution is -0.135. The summed E-state index contributed by atoms with van der Waals surface area (Å²) < 4.78 is 7.10. The van der Waals surface area contributed by atoms with Gasteiger partial charge >= 0.3 is 0 Å². The second-order valence-electron chi connectivity index (χ2n) is 7.15. The molecule has 27 heavy (non-hydrogen) atoms. The van der Waals surface area contributed by atoms with Crippen LogP contribution in [0.2, 0.25) is 0 Å². The molecule has 8 heteroatoms. The van der Waals surface area contributed by atoms with E-state index in [4.69, 9.17) is 4.74 Å². The smallest absolute Gasteiger partial charge is 0.260 e. The number of likely N-dealkylation sites (tertiary alicyclic amines) is 1. The summed E-state index contributed by atoms with van der Waals surface area (Å²) in [5.74, 6) is 0.382. The molecular formula is C19H20N6O2. The third-order valence-electron chi connectivity index (χ3n) is 5.67. The minimum absolute atomic E-state index is 0.00487. The number of carbonyl (C=O) groups excluding carboxylic acids is 1. The van der Waals surface area contributed by atoms with Crippen LogP contribution in [0.3, 0.4) is 0 Å². The molecule has 3 aromatic rings. The summed E-state index contributed by atoms with van der Waals surface area (Å²) in [5, 5.41) is 15.4. The fraction of sp³-hybridized carbons (Fsp3) is 0.368. The van der Waals surface area contributed by atoms with E-state index in [0.717, 1.165) is 32.5 Å². The average molecular weight is 364 g/mol. The van der Waals surface area contributed by atoms with Gasteiger partial charge in [-0.2, -0.15) is 4.52 Å². The number of rotatable bonds is 3. The van der Waals surface area contributed by atoms with E-state index in [1.54, 1.807) is 12.1 Å². The van der Waals surface area contributed by atoms with E-state index in [2.05, 4.69) is 44.9 Å². The number of aromatic nitrogens is 4. The van der Waals surface area contributed by atoms with E-state index in [9.17, 15) is 4.79 Å². The summed E-state index contributed by atoms with van der Waals surface area (Å²) in [6, 6.07) is 12.0. The minimum atomic E-state index is -0.0114. The van der Waals surface area contributed by atoms with E-state index >= 15 is 0 Å². The number of anilines is 1. The first-order chi connectivity index (χ1) is 13.2. The molecule has 4 heterocycles. The lowest BCUT2D eigenvalue weighted by Gasteiger charge is -2.39. The molecule has 1 saturated heterocycles. The van der Waals surface area contributed by atoms with Crippen molar-refractivity contribution in [2.24, 2.45) is 0 Å². The molecule has 1 amide bonds. The summed E-state index contributed by atoms with van der Waals surface area (Å²) in [4.78, 5) is 14.5. The topological polar surface area (TPSA) is 84.6 Å². The Morgan fingerprint density at radius 2 is 2.04 bits per heavy atom. The molecule has 1 spiro atoms. The van der Waals surface area contributed by atoms with Crippen LogP contribution < -0.4 is 10.1 Å². The van der Waals surface area contributed by atoms with Crippen LogP contribution in [0, 0.1) is 0 Å². The summed E-state index contributed by atoms with van der Waals surface area (Å²) in [7, 11) is 0. The summed E-state index contributed by atoms with van der Waals surface area (Å²) in [6.45, 7) is 2.43. The number of piperidine rings is 1. The SMILES string of the molecule is O=C(COc1ccc2nncn2n1)N1CCC2(CC1)CNc1ccccc12. The Balaban J connectivity index is 1.20. The van der Waals surface area contributed by atoms with E-state index in [-0.39, 0.29) is 17.9 Å². The number of benzene rings is 1. The van der Waals surface area contributed by atoms with Crippen LogP contribution >= 0.6 is 0 Å². The third-order valence-corrected chi connectivity index (χ3v) is 5.67. The summed E-state index contributed by atoms with van der Waals surface area (Å²) in [5.41, 5.74) is 3.41. The largest absolute Gasteiger partial charge is 0.467 e. The van der Waals surface area contributed by atoms with E-state index < -0.39 is 0 Å². The zero-order valence-corrected chi connectivity index (χ0v) is 14.8. The molecule has 0 bridgehead atoms. The van der Waals surface area contributed by atoms with Gasteiger partial charge in [0.05, 0.1) is 0 Å². The van der Waals surface area contributed by atoms with Crippen LogP contribution in [0.4, 0.5) is 5.69 Å². The van der Waals surface area contributed by atoms with Gasteiger partial charge in [-0.25, -0.2) is 0 Å². The van der Waals surface area contributed by atoms with Gasteiger partial charge in [0.25, 0.3) is 5.91 Å². The maximum Gasteiger partial charge on any atom is 0.260 e. The van der Waals surface area contributed by atoms with E-state index in [1.165, 1.54) is 22.1 Å². The lowest BCUT2D eigenvalue weighted by Crippen LogP contribution is -2.47. The normalized spacial score (nSPS) is 17.7. The zero-order valence-electron chi connectivity index (χ0n) is 14.8. The Morgan fingerprint density at radius 1 is 1.19 bits per heavy atom. The first kappa shape index (κ1) is 16.0. The molecule has 2 aromatic heterocycles. The molecule has 8 nitrogen and oxygen atoms in total. The molecule has 1 aromatic carbocycles. The predicted molar refractivity (Wildman–Crippen MR) is 98.7 cm³/mol. The fourth-order valence-corrected chi connectivity index (χ4v) is 4.10. The molecule has 0 unspecified atom stereocenters. The first-order valence-electron chi connectivity index (χ1n) is 9.15. The number of carbonyl (C=O) groups is 1. The van der Waals surface area contributed by atoms with Crippen molar-refractivity contribution in [3.05, 3.63) is 48.3 Å². The minimum Gasteiger partial charge on any atom is -0.467 e. The number of para-hydroxylation sites is 1. The number of ether oxygens (including phenoxy) is 1. The Kier molecular flexibility index (Phi) is 3.70. The highest BCUT2D eigenvalue weighted by Crippen LogP contribution is 2.43. The molecule has 1 fully saturated rings. The molecule has 0 aliphatic carbocycles. The van der Waals surface area contributed by atoms with Gasteiger partial charge < -0.3 is 15.0 Å². The van der Waals surface area contributed by atoms with Gasteiger partial charge in [-0.15, -0.1) is 15.3 Å². The maximum absolute atomic E-state index is 12.6. The van der Waals surface area contributed by atoms with Crippen LogP contribution in [0.5, 0.6) is 5.88 Å². The van der Waals surface area contributed by atoms with Gasteiger partial charge in [-0.3, -0.25) is 4.79 Å². The van der Waals surface area contributed by atoms with Crippen LogP contribution in [-0.4, -0.2) is 56.9 Å². The average Bonchev–Trinajstić information content (AvgIpc) is 3.32. The number of hydrogen-bond acceptors (Lipinski definition) is 6. The van der Waals surface area contributed by atoms with Crippen molar-refractivity contribution in [3.8, 4) is 5.88 Å². The molecule has 1 N–H and O–H groups in total. The van der Waals surface area contributed by atoms with Crippen molar-refractivity contribution < 1.29 is 9.53 Å². The van der Waals surface area contributed by atoms with Crippen molar-refractivity contribution >= 4 is 17.2 Å². The Bertz CT molecular complexity index is 993. The number of amides is 1. The third kappa shape index (κ3) is 2.77. The van der Waals surface area contributed by atoms with Gasteiger partial charge in [0.2, 0.25) is 5.88 Å². The lowest BCUT2D eigenvalue weighted by atomic mass is 9.74. The highest BCUT2D eigenvalue weighted by atomic mass is 16.5. The van der Waals surface area contributed by atoms with Crippen molar-refractivity contribution in [1.82, 2.24) is 24.7 Å². The van der Waals surface area contributed by atoms with Gasteiger partial charge in [0.15, 0.2) is 12.3 Å². The number of fused-ring (bicyclic) bond motifs is 3. The van der Waals surface area contributed by atoms with E-state index in [1.807, 2.05) is 4.90 Å². The van der Waals surface area contributed by atoms with Crippen molar-refractivity contribution in [1.29, 1.82) is 0 Å². The highest BCUT2D eigenvalue weighted by molar-refractivity contribution is 5.78. The fourth-order valence-electron chi connectivity index (χ4n) is 4.10. The maximum atomic E-state index is 12.6. The zero-order chi connectivity index (χ0) is 18.3. The van der Waals surface area contributed by atoms with Crippen molar-refractivity contribution in [2.75, 3.05) is 31.6 Å². The molecule has 138 valence electrons. The van der Waals surface area contributed by atoms with Crippen molar-refractivity contribution in [3.63, 3.8) is 0 Å².